The SMILES string of the molecule is CCOCCCNC(=NC)NCc1cc(-c2ccccc2)on1. The molecule has 2 rings (SSSR count). The molecule has 1 heterocycles. The normalized spacial score (nSPS) is 11.5. The molecule has 0 aliphatic rings. The first-order chi connectivity index (χ1) is 11.3. The van der Waals surface area contributed by atoms with E-state index in [1.165, 1.54) is 0 Å². The molecule has 2 N–H and O–H groups in total. The van der Waals surface area contributed by atoms with Crippen molar-refractivity contribution in [3.63, 3.8) is 0 Å². The molecule has 0 fully saturated rings. The fourth-order valence-corrected chi connectivity index (χ4v) is 2.05. The van der Waals surface area contributed by atoms with E-state index < -0.39 is 0 Å². The number of benzene rings is 1. The molecule has 0 saturated carbocycles. The van der Waals surface area contributed by atoms with Crippen LogP contribution < -0.4 is 10.6 Å². The molecule has 1 aromatic heterocycles. The van der Waals surface area contributed by atoms with E-state index in [-0.39, 0.29) is 0 Å². The van der Waals surface area contributed by atoms with Crippen LogP contribution in [0.25, 0.3) is 11.3 Å². The molecule has 0 spiro atoms. The van der Waals surface area contributed by atoms with Gasteiger partial charge in [0.1, 0.15) is 5.69 Å². The van der Waals surface area contributed by atoms with Crippen LogP contribution in [0.1, 0.15) is 19.0 Å². The molecule has 0 atom stereocenters. The van der Waals surface area contributed by atoms with E-state index in [4.69, 9.17) is 9.26 Å². The van der Waals surface area contributed by atoms with E-state index >= 15 is 0 Å². The largest absolute Gasteiger partial charge is 0.382 e. The summed E-state index contributed by atoms with van der Waals surface area (Å²) in [6, 6.07) is 11.9. The lowest BCUT2D eigenvalue weighted by atomic mass is 10.2. The molecule has 0 radical (unpaired) electrons. The van der Waals surface area contributed by atoms with Crippen molar-refractivity contribution >= 4 is 5.96 Å². The highest BCUT2D eigenvalue weighted by atomic mass is 16.5. The van der Waals surface area contributed by atoms with Gasteiger partial charge in [0.05, 0.1) is 6.54 Å². The number of aliphatic imine (C=N–C) groups is 1. The molecule has 0 amide bonds. The van der Waals surface area contributed by atoms with Gasteiger partial charge in [-0.15, -0.1) is 0 Å². The molecule has 23 heavy (non-hydrogen) atoms. The molecule has 0 bridgehead atoms. The maximum Gasteiger partial charge on any atom is 0.191 e. The van der Waals surface area contributed by atoms with Gasteiger partial charge in [-0.2, -0.15) is 0 Å². The third kappa shape index (κ3) is 5.75. The molecule has 6 heteroatoms. The number of ether oxygens (including phenoxy) is 1. The fraction of sp³-hybridized carbons (Fsp3) is 0.412. The van der Waals surface area contributed by atoms with Crippen LogP contribution in [0.15, 0.2) is 45.9 Å². The van der Waals surface area contributed by atoms with Gasteiger partial charge in [-0.05, 0) is 13.3 Å². The summed E-state index contributed by atoms with van der Waals surface area (Å²) in [7, 11) is 1.75. The van der Waals surface area contributed by atoms with Gasteiger partial charge in [-0.1, -0.05) is 35.5 Å². The minimum atomic E-state index is 0.557. The molecule has 0 unspecified atom stereocenters. The fourth-order valence-electron chi connectivity index (χ4n) is 2.05. The Kier molecular flexibility index (Phi) is 7.13. The van der Waals surface area contributed by atoms with E-state index in [1.54, 1.807) is 7.05 Å². The Labute approximate surface area is 136 Å². The van der Waals surface area contributed by atoms with Crippen molar-refractivity contribution in [1.82, 2.24) is 15.8 Å². The van der Waals surface area contributed by atoms with Gasteiger partial charge in [0.25, 0.3) is 0 Å². The van der Waals surface area contributed by atoms with Crippen LogP contribution >= 0.6 is 0 Å². The average molecular weight is 316 g/mol. The smallest absolute Gasteiger partial charge is 0.191 e. The number of rotatable bonds is 8. The van der Waals surface area contributed by atoms with Crippen LogP contribution in [0, 0.1) is 0 Å². The Morgan fingerprint density at radius 1 is 1.26 bits per heavy atom. The first kappa shape index (κ1) is 17.0. The quantitative estimate of drug-likeness (QED) is 0.445. The monoisotopic (exact) mass is 316 g/mol. The van der Waals surface area contributed by atoms with Crippen LogP contribution in [0.4, 0.5) is 0 Å². The third-order valence-corrected chi connectivity index (χ3v) is 3.24. The number of hydrogen-bond donors (Lipinski definition) is 2. The number of aromatic nitrogens is 1. The molecule has 6 nitrogen and oxygen atoms in total. The number of nitrogens with one attached hydrogen (secondary N) is 2. The van der Waals surface area contributed by atoms with Crippen molar-refractivity contribution in [2.45, 2.75) is 19.9 Å². The molecule has 2 aromatic rings. The predicted molar refractivity (Wildman–Crippen MR) is 91.3 cm³/mol. The van der Waals surface area contributed by atoms with Crippen LogP contribution in [0.3, 0.4) is 0 Å². The summed E-state index contributed by atoms with van der Waals surface area (Å²) in [5.74, 6) is 1.51. The summed E-state index contributed by atoms with van der Waals surface area (Å²) in [6.07, 6.45) is 0.941. The highest BCUT2D eigenvalue weighted by Crippen LogP contribution is 2.19. The first-order valence-corrected chi connectivity index (χ1v) is 7.86. The van der Waals surface area contributed by atoms with Gasteiger partial charge in [-0.25, -0.2) is 0 Å². The lowest BCUT2D eigenvalue weighted by molar-refractivity contribution is 0.145. The van der Waals surface area contributed by atoms with E-state index in [1.807, 2.05) is 43.3 Å². The summed E-state index contributed by atoms with van der Waals surface area (Å²) >= 11 is 0. The second-order valence-corrected chi connectivity index (χ2v) is 4.95. The van der Waals surface area contributed by atoms with Crippen molar-refractivity contribution < 1.29 is 9.26 Å². The molecule has 0 aliphatic carbocycles. The summed E-state index contributed by atoms with van der Waals surface area (Å²) in [5, 5.41) is 10.5. The maximum atomic E-state index is 5.38. The molecule has 124 valence electrons. The minimum absolute atomic E-state index is 0.557. The zero-order valence-corrected chi connectivity index (χ0v) is 13.7. The minimum Gasteiger partial charge on any atom is -0.382 e. The van der Waals surface area contributed by atoms with Gasteiger partial charge in [-0.3, -0.25) is 4.99 Å². The Morgan fingerprint density at radius 3 is 2.83 bits per heavy atom. The molecular formula is C17H24N4O2. The first-order valence-electron chi connectivity index (χ1n) is 7.86. The van der Waals surface area contributed by atoms with Crippen molar-refractivity contribution in [2.24, 2.45) is 4.99 Å². The Bertz CT molecular complexity index is 596. The maximum absolute atomic E-state index is 5.38. The van der Waals surface area contributed by atoms with Gasteiger partial charge < -0.3 is 19.9 Å². The van der Waals surface area contributed by atoms with Crippen LogP contribution in [0.5, 0.6) is 0 Å². The lowest BCUT2D eigenvalue weighted by Crippen LogP contribution is -2.37. The second-order valence-electron chi connectivity index (χ2n) is 4.95. The van der Waals surface area contributed by atoms with Crippen molar-refractivity contribution in [1.29, 1.82) is 0 Å². The van der Waals surface area contributed by atoms with Crippen LogP contribution in [-0.4, -0.2) is 37.9 Å². The predicted octanol–water partition coefficient (Wildman–Crippen LogP) is 2.43. The van der Waals surface area contributed by atoms with E-state index in [0.717, 1.165) is 49.2 Å². The highest BCUT2D eigenvalue weighted by Gasteiger charge is 2.06. The van der Waals surface area contributed by atoms with Crippen molar-refractivity contribution in [3.8, 4) is 11.3 Å². The van der Waals surface area contributed by atoms with Crippen LogP contribution in [0.2, 0.25) is 0 Å². The molecule has 1 aromatic carbocycles. The summed E-state index contributed by atoms with van der Waals surface area (Å²) in [6.45, 7) is 4.87. The Hall–Kier alpha value is -2.34. The standard InChI is InChI=1S/C17H24N4O2/c1-3-22-11-7-10-19-17(18-2)20-13-15-12-16(23-21-15)14-8-5-4-6-9-14/h4-6,8-9,12H,3,7,10-11,13H2,1-2H3,(H2,18,19,20). The van der Waals surface area contributed by atoms with Crippen molar-refractivity contribution in [2.75, 3.05) is 26.8 Å². The second kappa shape index (κ2) is 9.63. The number of hydrogen-bond acceptors (Lipinski definition) is 4. The van der Waals surface area contributed by atoms with E-state index in [9.17, 15) is 0 Å². The van der Waals surface area contributed by atoms with Crippen LogP contribution in [-0.2, 0) is 11.3 Å². The third-order valence-electron chi connectivity index (χ3n) is 3.24. The Morgan fingerprint density at radius 2 is 2.09 bits per heavy atom. The molecule has 0 saturated heterocycles. The van der Waals surface area contributed by atoms with Crippen molar-refractivity contribution in [3.05, 3.63) is 42.1 Å². The zero-order valence-electron chi connectivity index (χ0n) is 13.7. The Balaban J connectivity index is 1.77. The van der Waals surface area contributed by atoms with Gasteiger partial charge in [0, 0.05) is 38.4 Å². The molecule has 0 aliphatic heterocycles. The average Bonchev–Trinajstić information content (AvgIpc) is 3.07. The van der Waals surface area contributed by atoms with E-state index in [0.29, 0.717) is 6.54 Å². The highest BCUT2D eigenvalue weighted by molar-refractivity contribution is 5.79. The topological polar surface area (TPSA) is 71.7 Å². The number of nitrogens with zero attached hydrogens (tertiary/aromatic N) is 2. The summed E-state index contributed by atoms with van der Waals surface area (Å²) < 4.78 is 10.7. The van der Waals surface area contributed by atoms with Gasteiger partial charge in [0.15, 0.2) is 11.7 Å². The van der Waals surface area contributed by atoms with Gasteiger partial charge >= 0.3 is 0 Å². The summed E-state index contributed by atoms with van der Waals surface area (Å²) in [4.78, 5) is 4.18. The molecular weight excluding hydrogens is 292 g/mol. The van der Waals surface area contributed by atoms with Gasteiger partial charge in [0.2, 0.25) is 0 Å². The van der Waals surface area contributed by atoms with E-state index in [2.05, 4.69) is 20.8 Å². The zero-order chi connectivity index (χ0) is 16.3. The number of guanidine groups is 1. The summed E-state index contributed by atoms with van der Waals surface area (Å²) in [5.41, 5.74) is 1.85. The lowest BCUT2D eigenvalue weighted by Gasteiger charge is -2.10.